The number of hydrogen-bond acceptors (Lipinski definition) is 3. The molecule has 0 atom stereocenters. The van der Waals surface area contributed by atoms with E-state index < -0.39 is 18.8 Å². The molecule has 0 N–H and O–H groups in total. The van der Waals surface area contributed by atoms with Crippen LogP contribution in [0, 0.1) is 11.9 Å². The molecule has 0 amide bonds. The van der Waals surface area contributed by atoms with Gasteiger partial charge in [-0.1, -0.05) is 18.3 Å². The fourth-order valence-corrected chi connectivity index (χ4v) is 2.24. The van der Waals surface area contributed by atoms with Gasteiger partial charge in [-0.15, -0.1) is 0 Å². The van der Waals surface area contributed by atoms with Gasteiger partial charge in [0, 0.05) is 39.8 Å². The molecule has 0 bridgehead atoms. The Morgan fingerprint density at radius 1 is 1.38 bits per heavy atom. The maximum atomic E-state index is 14.3. The average Bonchev–Trinajstić information content (AvgIpc) is 2.50. The van der Waals surface area contributed by atoms with Gasteiger partial charge < -0.3 is 14.4 Å². The Bertz CT molecular complexity index is 665. The van der Waals surface area contributed by atoms with Gasteiger partial charge in [0.2, 0.25) is 0 Å². The van der Waals surface area contributed by atoms with E-state index in [1.807, 2.05) is 0 Å². The van der Waals surface area contributed by atoms with Gasteiger partial charge in [-0.05, 0) is 28.4 Å². The van der Waals surface area contributed by atoms with E-state index in [1.165, 1.54) is 31.4 Å². The van der Waals surface area contributed by atoms with Crippen LogP contribution in [0.3, 0.4) is 0 Å². The van der Waals surface area contributed by atoms with Gasteiger partial charge >= 0.3 is 0 Å². The molecule has 1 aromatic rings. The van der Waals surface area contributed by atoms with Gasteiger partial charge in [0.15, 0.2) is 6.79 Å². The molecule has 0 saturated carbocycles. The SMILES string of the molecule is C=C1C(Cl)=C[C-]=C(c2c(F)cccc2OCOC)N1CC(F)F.[Y]. The second-order valence-corrected chi connectivity index (χ2v) is 5.00. The molecule has 1 aliphatic rings. The molecular formula is C16H14ClF3NO2Y-. The summed E-state index contributed by atoms with van der Waals surface area (Å²) < 4.78 is 50.2. The maximum absolute atomic E-state index is 14.3. The normalized spacial score (nSPS) is 14.2. The molecule has 1 aromatic carbocycles. The number of nitrogens with zero attached hydrogens (tertiary/aromatic N) is 1. The molecular weight excluding hydrogens is 420 g/mol. The first-order chi connectivity index (χ1) is 11.0. The quantitative estimate of drug-likeness (QED) is 0.497. The van der Waals surface area contributed by atoms with Crippen molar-refractivity contribution in [2.45, 2.75) is 6.43 Å². The van der Waals surface area contributed by atoms with Crippen molar-refractivity contribution in [2.24, 2.45) is 0 Å². The van der Waals surface area contributed by atoms with E-state index >= 15 is 0 Å². The van der Waals surface area contributed by atoms with E-state index in [2.05, 4.69) is 12.7 Å². The molecule has 0 spiro atoms. The Morgan fingerprint density at radius 2 is 2.08 bits per heavy atom. The summed E-state index contributed by atoms with van der Waals surface area (Å²) in [4.78, 5) is 1.12. The standard InChI is InChI=1S/C16H14ClF3NO2.Y/c1-10-11(17)6-7-13(21(10)8-15(19)20)16-12(18)4-3-5-14(16)23-9-22-2;/h3-6,15H,1,8-9H2,2H3;/q-1;. The van der Waals surface area contributed by atoms with Crippen molar-refractivity contribution >= 4 is 17.3 Å². The largest absolute Gasteiger partial charge is 0.480 e. The third-order valence-electron chi connectivity index (χ3n) is 3.07. The zero-order valence-corrected chi connectivity index (χ0v) is 16.5. The molecule has 2 rings (SSSR count). The average molecular weight is 434 g/mol. The molecule has 0 fully saturated rings. The monoisotopic (exact) mass is 433 g/mol. The summed E-state index contributed by atoms with van der Waals surface area (Å²) in [7, 11) is 1.42. The predicted molar refractivity (Wildman–Crippen MR) is 81.3 cm³/mol. The third kappa shape index (κ3) is 4.85. The fraction of sp³-hybridized carbons (Fsp3) is 0.250. The molecule has 8 heteroatoms. The third-order valence-corrected chi connectivity index (χ3v) is 3.40. The zero-order valence-electron chi connectivity index (χ0n) is 12.9. The van der Waals surface area contributed by atoms with E-state index in [-0.39, 0.29) is 67.2 Å². The number of halogens is 4. The smallest absolute Gasteiger partial charge is 0.256 e. The van der Waals surface area contributed by atoms with Crippen LogP contribution in [0.2, 0.25) is 0 Å². The minimum atomic E-state index is -2.67. The number of alkyl halides is 2. The van der Waals surface area contributed by atoms with Crippen LogP contribution in [-0.2, 0) is 37.4 Å². The molecule has 0 unspecified atom stereocenters. The van der Waals surface area contributed by atoms with Crippen molar-refractivity contribution in [3.05, 3.63) is 59.0 Å². The Morgan fingerprint density at radius 3 is 2.71 bits per heavy atom. The van der Waals surface area contributed by atoms with Crippen LogP contribution in [0.5, 0.6) is 5.75 Å². The van der Waals surface area contributed by atoms with Gasteiger partial charge in [-0.3, -0.25) is 0 Å². The van der Waals surface area contributed by atoms with Crippen molar-refractivity contribution in [2.75, 3.05) is 20.4 Å². The Labute approximate surface area is 168 Å². The number of methoxy groups -OCH3 is 1. The Balaban J connectivity index is 0.00000288. The van der Waals surface area contributed by atoms with E-state index in [0.717, 1.165) is 4.90 Å². The van der Waals surface area contributed by atoms with Gasteiger partial charge in [0.25, 0.3) is 6.43 Å². The maximum Gasteiger partial charge on any atom is 0.256 e. The Hall–Kier alpha value is -0.816. The van der Waals surface area contributed by atoms with Crippen molar-refractivity contribution in [3.8, 4) is 5.75 Å². The van der Waals surface area contributed by atoms with Crippen LogP contribution in [0.25, 0.3) is 5.70 Å². The zero-order chi connectivity index (χ0) is 17.0. The summed E-state index contributed by atoms with van der Waals surface area (Å²) in [6.45, 7) is 2.86. The first-order valence-corrected chi connectivity index (χ1v) is 6.98. The van der Waals surface area contributed by atoms with Crippen LogP contribution >= 0.6 is 11.6 Å². The molecule has 1 radical (unpaired) electrons. The van der Waals surface area contributed by atoms with Gasteiger partial charge in [0.05, 0.1) is 18.1 Å². The minimum absolute atomic E-state index is 0. The molecule has 0 aliphatic carbocycles. The minimum Gasteiger partial charge on any atom is -0.480 e. The number of rotatable bonds is 6. The molecule has 0 saturated heterocycles. The summed E-state index contributed by atoms with van der Waals surface area (Å²) in [6, 6.07) is 4.16. The van der Waals surface area contributed by atoms with Crippen molar-refractivity contribution in [3.63, 3.8) is 0 Å². The summed E-state index contributed by atoms with van der Waals surface area (Å²) in [6.07, 6.45) is 1.41. The van der Waals surface area contributed by atoms with E-state index in [1.54, 1.807) is 0 Å². The second-order valence-electron chi connectivity index (χ2n) is 4.60. The molecule has 3 nitrogen and oxygen atoms in total. The first-order valence-electron chi connectivity index (χ1n) is 6.60. The number of benzene rings is 1. The molecule has 127 valence electrons. The van der Waals surface area contributed by atoms with Crippen LogP contribution in [0.15, 0.2) is 41.6 Å². The van der Waals surface area contributed by atoms with Gasteiger partial charge in [-0.2, -0.15) is 23.8 Å². The van der Waals surface area contributed by atoms with Crippen molar-refractivity contribution < 1.29 is 55.4 Å². The van der Waals surface area contributed by atoms with Crippen LogP contribution < -0.4 is 4.74 Å². The molecule has 1 heterocycles. The molecule has 1 aliphatic heterocycles. The van der Waals surface area contributed by atoms with Crippen LogP contribution in [0.1, 0.15) is 5.56 Å². The fourth-order valence-electron chi connectivity index (χ4n) is 2.08. The number of allylic oxidation sites excluding steroid dienone is 3. The van der Waals surface area contributed by atoms with Crippen LogP contribution in [0.4, 0.5) is 13.2 Å². The van der Waals surface area contributed by atoms with Gasteiger partial charge in [0.1, 0.15) is 0 Å². The molecule has 24 heavy (non-hydrogen) atoms. The van der Waals surface area contributed by atoms with E-state index in [4.69, 9.17) is 21.1 Å². The van der Waals surface area contributed by atoms with E-state index in [0.29, 0.717) is 0 Å². The Kier molecular flexibility index (Phi) is 8.50. The number of ether oxygens (including phenoxy) is 2. The van der Waals surface area contributed by atoms with E-state index in [9.17, 15) is 13.2 Å². The second kappa shape index (κ2) is 9.61. The van der Waals surface area contributed by atoms with Crippen molar-refractivity contribution in [1.82, 2.24) is 4.90 Å². The van der Waals surface area contributed by atoms with Gasteiger partial charge in [-0.25, -0.2) is 13.2 Å². The first kappa shape index (κ1) is 21.2. The summed E-state index contributed by atoms with van der Waals surface area (Å²) >= 11 is 5.92. The summed E-state index contributed by atoms with van der Waals surface area (Å²) in [5, 5.41) is 0.157. The molecule has 0 aromatic heterocycles. The summed E-state index contributed by atoms with van der Waals surface area (Å²) in [5.41, 5.74) is 0.206. The summed E-state index contributed by atoms with van der Waals surface area (Å²) in [5.74, 6) is -0.493. The number of hydrogen-bond donors (Lipinski definition) is 0. The van der Waals surface area contributed by atoms with Crippen molar-refractivity contribution in [1.29, 1.82) is 0 Å². The topological polar surface area (TPSA) is 21.7 Å². The van der Waals surface area contributed by atoms with Crippen LogP contribution in [-0.4, -0.2) is 31.8 Å². The predicted octanol–water partition coefficient (Wildman–Crippen LogP) is 4.17.